The lowest BCUT2D eigenvalue weighted by atomic mass is 10.0. The van der Waals surface area contributed by atoms with Gasteiger partial charge in [-0.1, -0.05) is 54.1 Å². The van der Waals surface area contributed by atoms with Crippen LogP contribution in [0.25, 0.3) is 10.8 Å². The first-order chi connectivity index (χ1) is 16.0. The number of ether oxygens (including phenoxy) is 2. The summed E-state index contributed by atoms with van der Waals surface area (Å²) in [5, 5.41) is 5.90. The van der Waals surface area contributed by atoms with Crippen molar-refractivity contribution in [3.05, 3.63) is 107 Å². The van der Waals surface area contributed by atoms with Gasteiger partial charge in [-0.2, -0.15) is 5.10 Å². The van der Waals surface area contributed by atoms with Crippen molar-refractivity contribution >= 4 is 28.9 Å². The van der Waals surface area contributed by atoms with E-state index in [1.165, 1.54) is 13.3 Å². The maximum absolute atomic E-state index is 12.6. The van der Waals surface area contributed by atoms with Gasteiger partial charge < -0.3 is 9.47 Å². The number of amides is 1. The number of rotatable bonds is 6. The molecule has 33 heavy (non-hydrogen) atoms. The number of fused-ring (bicyclic) bond motifs is 1. The molecule has 164 valence electrons. The fourth-order valence-corrected chi connectivity index (χ4v) is 3.35. The Hall–Kier alpha value is -4.45. The minimum absolute atomic E-state index is 0.292. The van der Waals surface area contributed by atoms with Crippen molar-refractivity contribution in [1.29, 1.82) is 0 Å². The van der Waals surface area contributed by atoms with E-state index in [9.17, 15) is 9.59 Å². The smallest absolute Gasteiger partial charge is 0.343 e. The zero-order valence-electron chi connectivity index (χ0n) is 18.2. The third-order valence-corrected chi connectivity index (χ3v) is 5.09. The quantitative estimate of drug-likeness (QED) is 0.196. The minimum Gasteiger partial charge on any atom is -0.493 e. The number of methoxy groups -OCH3 is 1. The van der Waals surface area contributed by atoms with Crippen molar-refractivity contribution in [2.45, 2.75) is 6.92 Å². The zero-order chi connectivity index (χ0) is 23.2. The molecule has 0 aliphatic carbocycles. The molecule has 6 nitrogen and oxygen atoms in total. The normalized spacial score (nSPS) is 10.8. The number of hydrogen-bond acceptors (Lipinski definition) is 5. The molecule has 0 aliphatic rings. The Morgan fingerprint density at radius 3 is 2.42 bits per heavy atom. The summed E-state index contributed by atoms with van der Waals surface area (Å²) in [6.07, 6.45) is 1.50. The van der Waals surface area contributed by atoms with Gasteiger partial charge in [-0.3, -0.25) is 4.79 Å². The lowest BCUT2D eigenvalue weighted by Gasteiger charge is -2.10. The molecule has 4 rings (SSSR count). The molecule has 0 unspecified atom stereocenters. The molecule has 1 amide bonds. The van der Waals surface area contributed by atoms with E-state index in [1.807, 2.05) is 55.5 Å². The molecule has 4 aromatic carbocycles. The number of esters is 1. The summed E-state index contributed by atoms with van der Waals surface area (Å²) >= 11 is 0. The number of nitrogens with one attached hydrogen (secondary N) is 1. The topological polar surface area (TPSA) is 77.0 Å². The van der Waals surface area contributed by atoms with Gasteiger partial charge >= 0.3 is 5.97 Å². The van der Waals surface area contributed by atoms with Crippen LogP contribution in [0.2, 0.25) is 0 Å². The Morgan fingerprint density at radius 2 is 1.64 bits per heavy atom. The molecule has 4 aromatic rings. The van der Waals surface area contributed by atoms with E-state index in [2.05, 4.69) is 10.5 Å². The fraction of sp³-hybridized carbons (Fsp3) is 0.0741. The number of hydrogen-bond donors (Lipinski definition) is 1. The van der Waals surface area contributed by atoms with Gasteiger partial charge in [0, 0.05) is 5.56 Å². The molecule has 0 heterocycles. The number of carbonyl (C=O) groups excluding carboxylic acids is 2. The summed E-state index contributed by atoms with van der Waals surface area (Å²) < 4.78 is 10.8. The minimum atomic E-state index is -0.475. The Bertz CT molecular complexity index is 1340. The number of carbonyl (C=O) groups is 2. The van der Waals surface area contributed by atoms with Gasteiger partial charge in [0.25, 0.3) is 5.91 Å². The summed E-state index contributed by atoms with van der Waals surface area (Å²) in [5.74, 6) is -0.115. The van der Waals surface area contributed by atoms with E-state index >= 15 is 0 Å². The highest BCUT2D eigenvalue weighted by Crippen LogP contribution is 2.28. The lowest BCUT2D eigenvalue weighted by Crippen LogP contribution is -2.17. The molecule has 6 heteroatoms. The van der Waals surface area contributed by atoms with Crippen molar-refractivity contribution in [3.63, 3.8) is 0 Å². The van der Waals surface area contributed by atoms with E-state index < -0.39 is 5.97 Å². The first kappa shape index (κ1) is 21.8. The van der Waals surface area contributed by atoms with Gasteiger partial charge in [0.15, 0.2) is 11.5 Å². The van der Waals surface area contributed by atoms with Crippen LogP contribution >= 0.6 is 0 Å². The Kier molecular flexibility index (Phi) is 6.45. The van der Waals surface area contributed by atoms with Crippen molar-refractivity contribution in [2.24, 2.45) is 5.10 Å². The van der Waals surface area contributed by atoms with Gasteiger partial charge in [0.05, 0.1) is 18.9 Å². The highest BCUT2D eigenvalue weighted by Gasteiger charge is 2.13. The van der Waals surface area contributed by atoms with Gasteiger partial charge in [-0.25, -0.2) is 10.2 Å². The van der Waals surface area contributed by atoms with Crippen LogP contribution < -0.4 is 14.9 Å². The summed E-state index contributed by atoms with van der Waals surface area (Å²) in [5.41, 5.74) is 5.27. The Balaban J connectivity index is 1.45. The molecule has 0 radical (unpaired) electrons. The van der Waals surface area contributed by atoms with E-state index in [1.54, 1.807) is 36.4 Å². The van der Waals surface area contributed by atoms with Crippen LogP contribution in [-0.4, -0.2) is 25.2 Å². The molecule has 0 atom stereocenters. The molecule has 1 N–H and O–H groups in total. The number of nitrogens with zero attached hydrogens (tertiary/aromatic N) is 1. The van der Waals surface area contributed by atoms with Gasteiger partial charge in [0.2, 0.25) is 0 Å². The highest BCUT2D eigenvalue weighted by atomic mass is 16.6. The van der Waals surface area contributed by atoms with Crippen LogP contribution in [0, 0.1) is 6.92 Å². The molecule has 0 spiro atoms. The van der Waals surface area contributed by atoms with Crippen molar-refractivity contribution in [1.82, 2.24) is 5.43 Å². The standard InChI is InChI=1S/C27H22N2O4/c1-18-10-13-21(14-11-18)27(31)33-24-15-12-19(16-25(24)32-2)17-28-29-26(30)23-9-5-7-20-6-3-4-8-22(20)23/h3-17H,1-2H3,(H,29,30)/b28-17-. The highest BCUT2D eigenvalue weighted by molar-refractivity contribution is 6.07. The van der Waals surface area contributed by atoms with Crippen LogP contribution in [0.3, 0.4) is 0 Å². The SMILES string of the molecule is COc1cc(/C=N\NC(=O)c2cccc3ccccc23)ccc1OC(=O)c1ccc(C)cc1. The van der Waals surface area contributed by atoms with Crippen LogP contribution in [-0.2, 0) is 0 Å². The maximum atomic E-state index is 12.6. The molecule has 0 saturated heterocycles. The number of aryl methyl sites for hydroxylation is 1. The fourth-order valence-electron chi connectivity index (χ4n) is 3.35. The molecule has 0 saturated carbocycles. The summed E-state index contributed by atoms with van der Waals surface area (Å²) in [6.45, 7) is 1.95. The summed E-state index contributed by atoms with van der Waals surface area (Å²) in [7, 11) is 1.49. The van der Waals surface area contributed by atoms with E-state index in [-0.39, 0.29) is 5.91 Å². The van der Waals surface area contributed by atoms with Crippen molar-refractivity contribution in [3.8, 4) is 11.5 Å². The number of benzene rings is 4. The second kappa shape index (κ2) is 9.78. The molecular weight excluding hydrogens is 416 g/mol. The maximum Gasteiger partial charge on any atom is 0.343 e. The van der Waals surface area contributed by atoms with E-state index in [0.717, 1.165) is 16.3 Å². The second-order valence-electron chi connectivity index (χ2n) is 7.39. The van der Waals surface area contributed by atoms with Gasteiger partial charge in [0.1, 0.15) is 0 Å². The van der Waals surface area contributed by atoms with E-state index in [0.29, 0.717) is 28.2 Å². The van der Waals surface area contributed by atoms with E-state index in [4.69, 9.17) is 9.47 Å². The third kappa shape index (κ3) is 5.07. The average molecular weight is 438 g/mol. The summed E-state index contributed by atoms with van der Waals surface area (Å²) in [4.78, 5) is 25.0. The van der Waals surface area contributed by atoms with Crippen LogP contribution in [0.4, 0.5) is 0 Å². The average Bonchev–Trinajstić information content (AvgIpc) is 2.84. The lowest BCUT2D eigenvalue weighted by molar-refractivity contribution is 0.0729. The monoisotopic (exact) mass is 438 g/mol. The van der Waals surface area contributed by atoms with Gasteiger partial charge in [-0.15, -0.1) is 0 Å². The van der Waals surface area contributed by atoms with Crippen molar-refractivity contribution < 1.29 is 19.1 Å². The second-order valence-corrected chi connectivity index (χ2v) is 7.39. The third-order valence-electron chi connectivity index (χ3n) is 5.09. The van der Waals surface area contributed by atoms with Crippen LogP contribution in [0.15, 0.2) is 90.0 Å². The predicted octanol–water partition coefficient (Wildman–Crippen LogP) is 5.14. The number of hydrazone groups is 1. The molecule has 0 aliphatic heterocycles. The largest absolute Gasteiger partial charge is 0.493 e. The Labute approximate surface area is 191 Å². The summed E-state index contributed by atoms with van der Waals surface area (Å²) in [6, 6.07) is 25.3. The predicted molar refractivity (Wildman–Crippen MR) is 128 cm³/mol. The Morgan fingerprint density at radius 1 is 0.879 bits per heavy atom. The molecule has 0 bridgehead atoms. The van der Waals surface area contributed by atoms with Crippen LogP contribution in [0.1, 0.15) is 31.8 Å². The molecular formula is C27H22N2O4. The first-order valence-corrected chi connectivity index (χ1v) is 10.3. The van der Waals surface area contributed by atoms with Crippen LogP contribution in [0.5, 0.6) is 11.5 Å². The molecule has 0 fully saturated rings. The van der Waals surface area contributed by atoms with Crippen molar-refractivity contribution in [2.75, 3.05) is 7.11 Å². The van der Waals surface area contributed by atoms with Gasteiger partial charge in [-0.05, 0) is 59.7 Å². The molecule has 0 aromatic heterocycles. The zero-order valence-corrected chi connectivity index (χ0v) is 18.2. The first-order valence-electron chi connectivity index (χ1n) is 10.3.